The standard InChI is InChI=1S/C68H99N11O15/c1-16-92-55(83)35-32-49(64(89)93-17-2)73-59(84)43(7)38-51(41(3)4)77(14)63(88)57(67(8,9)10)75-62(87)58(68(11,12)47-39-76(13)50-26-21-20-24-46(47)50)78(15)66(91)94-40-44-28-30-45(31-29-44)71-60(85)48(25-23-36-70-65(69)90)72-61(86)56(42(5)6)74-52(80)27-19-18-22-37-79-53(81)33-34-54(79)82/h20-21,24,26,28-31,33-34,38-39,41-42,48-49,51,56-58H,16-19,22-23,25,27,32,35-37,40H2,1-15H3,(H,71,85)(H,72,86)(H,73,84)(H,74,80)(H,75,87)(H3,69,70,90)/b43-38+/t48-,49+,51+,56?,57+,58+/m0/s1. The lowest BCUT2D eigenvalue weighted by atomic mass is 9.76. The molecule has 516 valence electrons. The SMILES string of the molecule is CCOC(=O)CC[C@@H](NC(=O)/C(C)=C/[C@H](C(C)C)N(C)C(=O)[C@@H](NC(=O)[C@@H](N(C)C(=O)OCc1ccc(NC(=O)[C@H](CCCNC(N)=O)NC(=O)C(NC(=O)CCCCCN2C(=O)C=CC2=O)C(C)C)cc1)C(C)(C)c1cn(C)c2ccccc12)C(C)(C)C)C(=O)OCC. The first kappa shape index (κ1) is 77.3. The molecule has 1 unspecified atom stereocenters. The third-order valence-corrected chi connectivity index (χ3v) is 16.3. The predicted molar refractivity (Wildman–Crippen MR) is 354 cm³/mol. The van der Waals surface area contributed by atoms with Crippen molar-refractivity contribution in [3.05, 3.63) is 89.7 Å². The van der Waals surface area contributed by atoms with E-state index in [0.29, 0.717) is 30.5 Å². The smallest absolute Gasteiger partial charge is 0.410 e. The molecule has 1 aliphatic rings. The quantitative estimate of drug-likeness (QED) is 0.0118. The second kappa shape index (κ2) is 35.8. The van der Waals surface area contributed by atoms with Crippen LogP contribution in [0.5, 0.6) is 0 Å². The van der Waals surface area contributed by atoms with Gasteiger partial charge in [0.2, 0.25) is 35.4 Å². The van der Waals surface area contributed by atoms with E-state index >= 15 is 9.59 Å². The highest BCUT2D eigenvalue weighted by molar-refractivity contribution is 6.13. The van der Waals surface area contributed by atoms with E-state index in [1.54, 1.807) is 92.8 Å². The number of para-hydroxylation sites is 1. The minimum atomic E-state index is -1.32. The molecule has 3 aromatic rings. The minimum Gasteiger partial charge on any atom is -0.466 e. The molecule has 0 saturated heterocycles. The third kappa shape index (κ3) is 22.3. The Balaban J connectivity index is 1.54. The molecular formula is C68H99N11O15. The van der Waals surface area contributed by atoms with E-state index in [2.05, 4.69) is 31.9 Å². The number of primary amides is 1. The van der Waals surface area contributed by atoms with Crippen LogP contribution >= 0.6 is 0 Å². The monoisotopic (exact) mass is 1310 g/mol. The van der Waals surface area contributed by atoms with Gasteiger partial charge in [0.25, 0.3) is 11.8 Å². The van der Waals surface area contributed by atoms with Crippen LogP contribution in [0.1, 0.15) is 146 Å². The molecule has 0 fully saturated rings. The fourth-order valence-electron chi connectivity index (χ4n) is 11.0. The fraction of sp³-hybridized carbons (Fsp3) is 0.559. The number of aryl methyl sites for hydroxylation is 1. The second-order valence-electron chi connectivity index (χ2n) is 25.9. The highest BCUT2D eigenvalue weighted by atomic mass is 16.6. The number of hydrogen-bond acceptors (Lipinski definition) is 15. The first-order chi connectivity index (χ1) is 44.1. The lowest BCUT2D eigenvalue weighted by Crippen LogP contribution is -2.63. The number of anilines is 1. The van der Waals surface area contributed by atoms with Gasteiger partial charge in [-0.25, -0.2) is 14.4 Å². The number of carbonyl (C=O) groups is 12. The van der Waals surface area contributed by atoms with Gasteiger partial charge in [0.15, 0.2) is 0 Å². The Bertz CT molecular complexity index is 3240. The maximum Gasteiger partial charge on any atom is 0.410 e. The number of imide groups is 1. The van der Waals surface area contributed by atoms with E-state index in [4.69, 9.17) is 19.9 Å². The summed E-state index contributed by atoms with van der Waals surface area (Å²) in [6.45, 7) is 21.3. The van der Waals surface area contributed by atoms with E-state index in [9.17, 15) is 47.9 Å². The molecule has 26 heteroatoms. The Hall–Kier alpha value is -9.10. The number of unbranched alkanes of at least 4 members (excludes halogenated alkanes) is 2. The Morgan fingerprint density at radius 3 is 1.93 bits per heavy atom. The Labute approximate surface area is 551 Å². The summed E-state index contributed by atoms with van der Waals surface area (Å²) in [5.74, 6) is -6.09. The molecule has 6 atom stereocenters. The number of urea groups is 1. The molecule has 0 radical (unpaired) electrons. The number of nitrogens with zero attached hydrogens (tertiary/aromatic N) is 4. The van der Waals surface area contributed by atoms with E-state index in [-0.39, 0.29) is 94.2 Å². The van der Waals surface area contributed by atoms with Crippen LogP contribution in [0.3, 0.4) is 0 Å². The zero-order valence-electron chi connectivity index (χ0n) is 57.2. The van der Waals surface area contributed by atoms with Crippen molar-refractivity contribution in [3.8, 4) is 0 Å². The number of benzene rings is 2. The van der Waals surface area contributed by atoms with Gasteiger partial charge in [-0.05, 0) is 99.5 Å². The summed E-state index contributed by atoms with van der Waals surface area (Å²) in [4.78, 5) is 164. The lowest BCUT2D eigenvalue weighted by molar-refractivity contribution is -0.148. The molecule has 0 bridgehead atoms. The molecule has 2 aromatic carbocycles. The topological polar surface area (TPSA) is 345 Å². The number of nitrogens with one attached hydrogen (secondary N) is 6. The number of amides is 11. The number of hydrogen-bond donors (Lipinski definition) is 7. The lowest BCUT2D eigenvalue weighted by Gasteiger charge is -2.42. The zero-order chi connectivity index (χ0) is 70.4. The highest BCUT2D eigenvalue weighted by Crippen LogP contribution is 2.37. The van der Waals surface area contributed by atoms with Gasteiger partial charge in [-0.3, -0.25) is 53.0 Å². The maximum absolute atomic E-state index is 15.4. The molecule has 1 aromatic heterocycles. The van der Waals surface area contributed by atoms with Gasteiger partial charge in [-0.15, -0.1) is 0 Å². The van der Waals surface area contributed by atoms with Gasteiger partial charge in [0.05, 0.1) is 19.3 Å². The average Bonchev–Trinajstić information content (AvgIpc) is 1.49. The number of rotatable bonds is 35. The molecule has 11 amide bonds. The molecule has 1 aliphatic heterocycles. The van der Waals surface area contributed by atoms with Crippen LogP contribution in [0.4, 0.5) is 15.3 Å². The van der Waals surface area contributed by atoms with Crippen LogP contribution in [-0.2, 0) is 81.2 Å². The molecule has 0 spiro atoms. The normalized spacial score (nSPS) is 14.5. The fourth-order valence-corrected chi connectivity index (χ4v) is 11.0. The number of aromatic nitrogens is 1. The molecule has 4 rings (SSSR count). The van der Waals surface area contributed by atoms with Crippen molar-refractivity contribution in [2.45, 2.75) is 183 Å². The van der Waals surface area contributed by atoms with E-state index in [1.165, 1.54) is 29.0 Å². The summed E-state index contributed by atoms with van der Waals surface area (Å²) in [6, 6.07) is 6.69. The van der Waals surface area contributed by atoms with Crippen LogP contribution in [0.2, 0.25) is 0 Å². The Morgan fingerprint density at radius 1 is 0.691 bits per heavy atom. The van der Waals surface area contributed by atoms with Crippen molar-refractivity contribution in [2.24, 2.45) is 30.0 Å². The van der Waals surface area contributed by atoms with Gasteiger partial charge in [0, 0.05) is 93.0 Å². The molecule has 94 heavy (non-hydrogen) atoms. The van der Waals surface area contributed by atoms with E-state index < -0.39 is 107 Å². The summed E-state index contributed by atoms with van der Waals surface area (Å²) in [7, 11) is 4.89. The highest BCUT2D eigenvalue weighted by Gasteiger charge is 2.47. The number of esters is 2. The first-order valence-electron chi connectivity index (χ1n) is 32.0. The molecule has 8 N–H and O–H groups in total. The number of likely N-dealkylation sites (N-methyl/N-ethyl adjacent to an activating group) is 2. The van der Waals surface area contributed by atoms with Gasteiger partial charge < -0.3 is 61.3 Å². The van der Waals surface area contributed by atoms with Crippen molar-refractivity contribution >= 4 is 87.9 Å². The number of carbonyl (C=O) groups excluding carboxylic acids is 12. The third-order valence-electron chi connectivity index (χ3n) is 16.3. The van der Waals surface area contributed by atoms with E-state index in [1.807, 2.05) is 69.8 Å². The van der Waals surface area contributed by atoms with Crippen molar-refractivity contribution in [1.29, 1.82) is 0 Å². The molecule has 0 aliphatic carbocycles. The van der Waals surface area contributed by atoms with Crippen molar-refractivity contribution in [1.82, 2.24) is 45.9 Å². The molecule has 2 heterocycles. The molecule has 26 nitrogen and oxygen atoms in total. The summed E-state index contributed by atoms with van der Waals surface area (Å²) in [5, 5.41) is 17.3. The van der Waals surface area contributed by atoms with Gasteiger partial charge in [-0.2, -0.15) is 0 Å². The van der Waals surface area contributed by atoms with E-state index in [0.717, 1.165) is 21.4 Å². The summed E-state index contributed by atoms with van der Waals surface area (Å²) in [5.41, 5.74) is 5.76. The van der Waals surface area contributed by atoms with Crippen LogP contribution in [0, 0.1) is 17.3 Å². The number of ether oxygens (including phenoxy) is 3. The molecule has 0 saturated carbocycles. The minimum absolute atomic E-state index is 0.0443. The molecular weight excluding hydrogens is 1210 g/mol. The Kier molecular flexibility index (Phi) is 29.5. The van der Waals surface area contributed by atoms with Crippen LogP contribution in [-0.4, -0.2) is 167 Å². The summed E-state index contributed by atoms with van der Waals surface area (Å²) in [6.07, 6.45) is 6.70. The Morgan fingerprint density at radius 2 is 1.33 bits per heavy atom. The van der Waals surface area contributed by atoms with Crippen LogP contribution < -0.4 is 37.6 Å². The average molecular weight is 1310 g/mol. The predicted octanol–water partition coefficient (Wildman–Crippen LogP) is 5.94. The summed E-state index contributed by atoms with van der Waals surface area (Å²) < 4.78 is 18.0. The number of fused-ring (bicyclic) bond motifs is 1. The zero-order valence-corrected chi connectivity index (χ0v) is 57.2. The first-order valence-corrected chi connectivity index (χ1v) is 32.0. The van der Waals surface area contributed by atoms with Gasteiger partial charge in [-0.1, -0.05) is 105 Å². The van der Waals surface area contributed by atoms with Crippen LogP contribution in [0.15, 0.2) is 78.5 Å². The van der Waals surface area contributed by atoms with Crippen molar-refractivity contribution < 1.29 is 71.7 Å². The van der Waals surface area contributed by atoms with Crippen molar-refractivity contribution in [3.63, 3.8) is 0 Å². The maximum atomic E-state index is 15.4. The van der Waals surface area contributed by atoms with Gasteiger partial charge >= 0.3 is 24.1 Å². The van der Waals surface area contributed by atoms with Crippen molar-refractivity contribution in [2.75, 3.05) is 45.7 Å². The van der Waals surface area contributed by atoms with Gasteiger partial charge in [0.1, 0.15) is 36.8 Å². The second-order valence-corrected chi connectivity index (χ2v) is 25.9. The largest absolute Gasteiger partial charge is 0.466 e. The number of nitrogens with two attached hydrogens (primary N) is 1. The van der Waals surface area contributed by atoms with Crippen LogP contribution in [0.25, 0.3) is 10.9 Å². The summed E-state index contributed by atoms with van der Waals surface area (Å²) >= 11 is 0.